The molecule has 7 nitrogen and oxygen atoms in total. The van der Waals surface area contributed by atoms with Crippen molar-refractivity contribution < 1.29 is 18.0 Å². The van der Waals surface area contributed by atoms with Crippen molar-refractivity contribution >= 4 is 39.1 Å². The zero-order valence-electron chi connectivity index (χ0n) is 18.8. The van der Waals surface area contributed by atoms with Crippen LogP contribution in [0.2, 0.25) is 5.02 Å². The van der Waals surface area contributed by atoms with Crippen LogP contribution in [-0.2, 0) is 26.2 Å². The lowest BCUT2D eigenvalue weighted by Gasteiger charge is -2.32. The SMILES string of the molecule is CCC(C)NC(=O)C(C)N(Cc1cccc(Cl)c1)C(=O)CN(c1ccccc1)S(C)(=O)=O. The molecule has 1 N–H and O–H groups in total. The fourth-order valence-electron chi connectivity index (χ4n) is 3.09. The van der Waals surface area contributed by atoms with Crippen LogP contribution >= 0.6 is 11.6 Å². The average Bonchev–Trinajstić information content (AvgIpc) is 2.74. The van der Waals surface area contributed by atoms with Crippen molar-refractivity contribution in [3.05, 3.63) is 65.2 Å². The largest absolute Gasteiger partial charge is 0.352 e. The summed E-state index contributed by atoms with van der Waals surface area (Å²) >= 11 is 6.09. The molecule has 0 bridgehead atoms. The third-order valence-corrected chi connectivity index (χ3v) is 6.51. The maximum absolute atomic E-state index is 13.4. The Morgan fingerprint density at radius 3 is 2.28 bits per heavy atom. The molecule has 0 fully saturated rings. The molecule has 0 spiro atoms. The van der Waals surface area contributed by atoms with E-state index >= 15 is 0 Å². The second kappa shape index (κ2) is 11.3. The van der Waals surface area contributed by atoms with Crippen LogP contribution in [0.5, 0.6) is 0 Å². The van der Waals surface area contributed by atoms with Gasteiger partial charge in [-0.05, 0) is 50.1 Å². The summed E-state index contributed by atoms with van der Waals surface area (Å²) in [5.74, 6) is -0.800. The van der Waals surface area contributed by atoms with Crippen LogP contribution < -0.4 is 9.62 Å². The van der Waals surface area contributed by atoms with Crippen molar-refractivity contribution in [3.8, 4) is 0 Å². The molecule has 2 amide bonds. The Kier molecular flexibility index (Phi) is 9.09. The van der Waals surface area contributed by atoms with Crippen molar-refractivity contribution in [2.75, 3.05) is 17.1 Å². The number of rotatable bonds is 10. The molecule has 0 saturated heterocycles. The second-order valence-electron chi connectivity index (χ2n) is 7.75. The number of nitrogens with zero attached hydrogens (tertiary/aromatic N) is 2. The number of sulfonamides is 1. The minimum atomic E-state index is -3.73. The number of amides is 2. The second-order valence-corrected chi connectivity index (χ2v) is 10.1. The number of carbonyl (C=O) groups excluding carboxylic acids is 2. The molecule has 2 rings (SSSR count). The molecule has 174 valence electrons. The number of para-hydroxylation sites is 1. The van der Waals surface area contributed by atoms with Crippen molar-refractivity contribution in [3.63, 3.8) is 0 Å². The van der Waals surface area contributed by atoms with Gasteiger partial charge in [-0.2, -0.15) is 0 Å². The van der Waals surface area contributed by atoms with E-state index in [2.05, 4.69) is 5.32 Å². The molecule has 32 heavy (non-hydrogen) atoms. The Bertz CT molecular complexity index is 1030. The smallest absolute Gasteiger partial charge is 0.244 e. The summed E-state index contributed by atoms with van der Waals surface area (Å²) in [5.41, 5.74) is 1.11. The van der Waals surface area contributed by atoms with Crippen molar-refractivity contribution in [1.29, 1.82) is 0 Å². The van der Waals surface area contributed by atoms with Crippen molar-refractivity contribution in [1.82, 2.24) is 10.2 Å². The van der Waals surface area contributed by atoms with Gasteiger partial charge < -0.3 is 10.2 Å². The number of hydrogen-bond acceptors (Lipinski definition) is 4. The van der Waals surface area contributed by atoms with Crippen LogP contribution in [0.1, 0.15) is 32.8 Å². The molecule has 9 heteroatoms. The van der Waals surface area contributed by atoms with Gasteiger partial charge in [0.2, 0.25) is 21.8 Å². The highest BCUT2D eigenvalue weighted by Crippen LogP contribution is 2.19. The molecule has 0 radical (unpaired) electrons. The number of carbonyl (C=O) groups is 2. The first kappa shape index (κ1) is 25.7. The highest BCUT2D eigenvalue weighted by molar-refractivity contribution is 7.92. The Labute approximate surface area is 195 Å². The van der Waals surface area contributed by atoms with Crippen LogP contribution in [0, 0.1) is 0 Å². The standard InChI is InChI=1S/C23H30ClN3O4S/c1-5-17(2)25-23(29)18(3)26(15-19-10-9-11-20(24)14-19)22(28)16-27(32(4,30)31)21-12-7-6-8-13-21/h6-14,17-18H,5,15-16H2,1-4H3,(H,25,29). The first-order chi connectivity index (χ1) is 15.0. The lowest BCUT2D eigenvalue weighted by molar-refractivity contribution is -0.139. The lowest BCUT2D eigenvalue weighted by Crippen LogP contribution is -2.52. The molecular formula is C23H30ClN3O4S. The zero-order chi connectivity index (χ0) is 23.9. The van der Waals surface area contributed by atoms with Crippen LogP contribution in [0.4, 0.5) is 5.69 Å². The van der Waals surface area contributed by atoms with Crippen LogP contribution in [0.3, 0.4) is 0 Å². The molecule has 2 aromatic rings. The van der Waals surface area contributed by atoms with Gasteiger partial charge in [0.05, 0.1) is 11.9 Å². The highest BCUT2D eigenvalue weighted by Gasteiger charge is 2.30. The highest BCUT2D eigenvalue weighted by atomic mass is 35.5. The van der Waals surface area contributed by atoms with Crippen LogP contribution in [-0.4, -0.2) is 50.0 Å². The monoisotopic (exact) mass is 479 g/mol. The maximum atomic E-state index is 13.4. The number of nitrogens with one attached hydrogen (secondary N) is 1. The van der Waals surface area contributed by atoms with E-state index in [1.807, 2.05) is 13.8 Å². The molecule has 0 aliphatic rings. The fourth-order valence-corrected chi connectivity index (χ4v) is 4.15. The van der Waals surface area contributed by atoms with Gasteiger partial charge in [0.25, 0.3) is 0 Å². The first-order valence-corrected chi connectivity index (χ1v) is 12.6. The van der Waals surface area contributed by atoms with Crippen molar-refractivity contribution in [2.24, 2.45) is 0 Å². The Hall–Kier alpha value is -2.58. The van der Waals surface area contributed by atoms with E-state index < -0.39 is 28.5 Å². The van der Waals surface area contributed by atoms with Gasteiger partial charge in [-0.25, -0.2) is 8.42 Å². The number of halogens is 1. The van der Waals surface area contributed by atoms with Crippen molar-refractivity contribution in [2.45, 2.75) is 45.8 Å². The Morgan fingerprint density at radius 1 is 1.06 bits per heavy atom. The predicted molar refractivity (Wildman–Crippen MR) is 128 cm³/mol. The first-order valence-electron chi connectivity index (χ1n) is 10.4. The number of anilines is 1. The van der Waals surface area contributed by atoms with E-state index in [9.17, 15) is 18.0 Å². The predicted octanol–water partition coefficient (Wildman–Crippen LogP) is 3.44. The van der Waals surface area contributed by atoms with Gasteiger partial charge >= 0.3 is 0 Å². The third-order valence-electron chi connectivity index (χ3n) is 5.13. The van der Waals surface area contributed by atoms with E-state index in [1.54, 1.807) is 61.5 Å². The lowest BCUT2D eigenvalue weighted by atomic mass is 10.1. The van der Waals surface area contributed by atoms with Gasteiger partial charge in [-0.1, -0.05) is 48.9 Å². The normalized spacial score (nSPS) is 13.2. The van der Waals surface area contributed by atoms with E-state index in [4.69, 9.17) is 11.6 Å². The summed E-state index contributed by atoms with van der Waals surface area (Å²) in [6, 6.07) is 14.5. The molecular weight excluding hydrogens is 450 g/mol. The van der Waals surface area contributed by atoms with Crippen LogP contribution in [0.25, 0.3) is 0 Å². The summed E-state index contributed by atoms with van der Waals surface area (Å²) < 4.78 is 25.9. The summed E-state index contributed by atoms with van der Waals surface area (Å²) in [5, 5.41) is 3.39. The van der Waals surface area contributed by atoms with E-state index in [-0.39, 0.29) is 18.5 Å². The molecule has 0 heterocycles. The summed E-state index contributed by atoms with van der Waals surface area (Å²) in [4.78, 5) is 27.6. The summed E-state index contributed by atoms with van der Waals surface area (Å²) in [7, 11) is -3.73. The number of hydrogen-bond donors (Lipinski definition) is 1. The molecule has 2 aromatic carbocycles. The van der Waals surface area contributed by atoms with Gasteiger partial charge in [0, 0.05) is 17.6 Å². The molecule has 0 aliphatic carbocycles. The third kappa shape index (κ3) is 7.24. The maximum Gasteiger partial charge on any atom is 0.244 e. The topological polar surface area (TPSA) is 86.8 Å². The van der Waals surface area contributed by atoms with Gasteiger partial charge in [-0.15, -0.1) is 0 Å². The molecule has 0 aromatic heterocycles. The van der Waals surface area contributed by atoms with E-state index in [0.29, 0.717) is 10.7 Å². The van der Waals surface area contributed by atoms with Gasteiger partial charge in [-0.3, -0.25) is 13.9 Å². The fraction of sp³-hybridized carbons (Fsp3) is 0.391. The molecule has 2 atom stereocenters. The minimum Gasteiger partial charge on any atom is -0.352 e. The zero-order valence-corrected chi connectivity index (χ0v) is 20.4. The van der Waals surface area contributed by atoms with Crippen LogP contribution in [0.15, 0.2) is 54.6 Å². The molecule has 0 saturated carbocycles. The molecule has 0 aliphatic heterocycles. The van der Waals surface area contributed by atoms with Gasteiger partial charge in [0.1, 0.15) is 12.6 Å². The summed E-state index contributed by atoms with van der Waals surface area (Å²) in [6.45, 7) is 5.15. The van der Waals surface area contributed by atoms with Gasteiger partial charge in [0.15, 0.2) is 0 Å². The quantitative estimate of drug-likeness (QED) is 0.565. The molecule has 2 unspecified atom stereocenters. The summed E-state index contributed by atoms with van der Waals surface area (Å²) in [6.07, 6.45) is 1.80. The minimum absolute atomic E-state index is 0.0510. The number of benzene rings is 2. The Morgan fingerprint density at radius 2 is 1.72 bits per heavy atom. The average molecular weight is 480 g/mol. The van der Waals surface area contributed by atoms with E-state index in [1.165, 1.54) is 4.90 Å². The Balaban J connectivity index is 2.36. The van der Waals surface area contributed by atoms with E-state index in [0.717, 1.165) is 22.5 Å².